The van der Waals surface area contributed by atoms with E-state index in [4.69, 9.17) is 9.47 Å². The second-order valence-corrected chi connectivity index (χ2v) is 6.18. The van der Waals surface area contributed by atoms with Gasteiger partial charge in [-0.05, 0) is 37.5 Å². The minimum Gasteiger partial charge on any atom is -0.493 e. The van der Waals surface area contributed by atoms with Crippen molar-refractivity contribution in [2.75, 3.05) is 14.2 Å². The maximum Gasteiger partial charge on any atom is 0.162 e. The van der Waals surface area contributed by atoms with Gasteiger partial charge < -0.3 is 14.0 Å². The molecule has 0 spiro atoms. The number of carbonyl (C=O) groups is 1. The molecule has 2 rings (SSSR count). The number of rotatable bonds is 6. The second-order valence-electron chi connectivity index (χ2n) is 6.18. The number of carbonyl (C=O) groups excluding carboxylic acids is 1. The van der Waals surface area contributed by atoms with Gasteiger partial charge in [-0.15, -0.1) is 0 Å². The highest BCUT2D eigenvalue weighted by Crippen LogP contribution is 2.35. The Hall–Kier alpha value is -2.23. The zero-order valence-electron chi connectivity index (χ0n) is 14.8. The van der Waals surface area contributed by atoms with Crippen LogP contribution >= 0.6 is 0 Å². The molecule has 0 aliphatic carbocycles. The molecule has 0 radical (unpaired) electrons. The molecular weight excluding hydrogens is 290 g/mol. The molecule has 0 saturated heterocycles. The lowest BCUT2D eigenvalue weighted by atomic mass is 10.0. The second kappa shape index (κ2) is 6.90. The largest absolute Gasteiger partial charge is 0.493 e. The Morgan fingerprint density at radius 3 is 2.35 bits per heavy atom. The van der Waals surface area contributed by atoms with Gasteiger partial charge in [0.1, 0.15) is 0 Å². The van der Waals surface area contributed by atoms with Gasteiger partial charge in [-0.25, -0.2) is 0 Å². The SMILES string of the molecule is COc1ccc(-c2cn(CC(C)C)c(C)c2C(C)=O)cc1OC. The topological polar surface area (TPSA) is 40.5 Å². The Balaban J connectivity index is 2.60. The van der Waals surface area contributed by atoms with Crippen molar-refractivity contribution in [1.29, 1.82) is 0 Å². The summed E-state index contributed by atoms with van der Waals surface area (Å²) in [5, 5.41) is 0. The molecule has 0 bridgehead atoms. The minimum atomic E-state index is 0.0785. The first-order chi connectivity index (χ1) is 10.9. The highest BCUT2D eigenvalue weighted by Gasteiger charge is 2.19. The Morgan fingerprint density at radius 2 is 1.83 bits per heavy atom. The van der Waals surface area contributed by atoms with E-state index in [-0.39, 0.29) is 5.78 Å². The fraction of sp³-hybridized carbons (Fsp3) is 0.421. The van der Waals surface area contributed by atoms with Crippen LogP contribution in [0.4, 0.5) is 0 Å². The van der Waals surface area contributed by atoms with Crippen molar-refractivity contribution >= 4 is 5.78 Å². The third kappa shape index (κ3) is 3.41. The number of nitrogens with zero attached hydrogens (tertiary/aromatic N) is 1. The lowest BCUT2D eigenvalue weighted by Crippen LogP contribution is -2.06. The van der Waals surface area contributed by atoms with Crippen LogP contribution in [0.5, 0.6) is 11.5 Å². The van der Waals surface area contributed by atoms with Crippen molar-refractivity contribution in [2.45, 2.75) is 34.2 Å². The van der Waals surface area contributed by atoms with E-state index in [9.17, 15) is 4.79 Å². The molecule has 0 unspecified atom stereocenters. The van der Waals surface area contributed by atoms with Gasteiger partial charge >= 0.3 is 0 Å². The smallest absolute Gasteiger partial charge is 0.162 e. The number of hydrogen-bond acceptors (Lipinski definition) is 3. The van der Waals surface area contributed by atoms with Crippen molar-refractivity contribution in [3.63, 3.8) is 0 Å². The molecule has 0 aliphatic rings. The molecule has 2 aromatic rings. The number of ketones is 1. The number of hydrogen-bond donors (Lipinski definition) is 0. The first kappa shape index (κ1) is 17.1. The van der Waals surface area contributed by atoms with Crippen LogP contribution in [0.1, 0.15) is 36.8 Å². The molecule has 1 aromatic carbocycles. The van der Waals surface area contributed by atoms with E-state index in [2.05, 4.69) is 24.6 Å². The van der Waals surface area contributed by atoms with E-state index in [0.29, 0.717) is 17.4 Å². The molecule has 4 nitrogen and oxygen atoms in total. The summed E-state index contributed by atoms with van der Waals surface area (Å²) in [6, 6.07) is 5.75. The van der Waals surface area contributed by atoms with Crippen LogP contribution in [-0.2, 0) is 6.54 Å². The molecular formula is C19H25NO3. The predicted molar refractivity (Wildman–Crippen MR) is 92.6 cm³/mol. The summed E-state index contributed by atoms with van der Waals surface area (Å²) in [4.78, 5) is 12.2. The predicted octanol–water partition coefficient (Wildman–Crippen LogP) is 4.34. The number of ether oxygens (including phenoxy) is 2. The molecule has 0 atom stereocenters. The summed E-state index contributed by atoms with van der Waals surface area (Å²) in [5.74, 6) is 1.93. The average Bonchev–Trinajstić information content (AvgIpc) is 2.82. The van der Waals surface area contributed by atoms with Crippen molar-refractivity contribution < 1.29 is 14.3 Å². The Labute approximate surface area is 138 Å². The van der Waals surface area contributed by atoms with Gasteiger partial charge in [0.05, 0.1) is 14.2 Å². The highest BCUT2D eigenvalue weighted by atomic mass is 16.5. The van der Waals surface area contributed by atoms with E-state index >= 15 is 0 Å². The van der Waals surface area contributed by atoms with E-state index in [1.807, 2.05) is 25.1 Å². The van der Waals surface area contributed by atoms with Crippen LogP contribution in [0.3, 0.4) is 0 Å². The zero-order chi connectivity index (χ0) is 17.1. The molecule has 0 amide bonds. The van der Waals surface area contributed by atoms with Crippen molar-refractivity contribution in [3.05, 3.63) is 35.7 Å². The van der Waals surface area contributed by atoms with Crippen molar-refractivity contribution in [3.8, 4) is 22.6 Å². The molecule has 1 heterocycles. The van der Waals surface area contributed by atoms with E-state index in [1.165, 1.54) is 0 Å². The Kier molecular flexibility index (Phi) is 5.14. The lowest BCUT2D eigenvalue weighted by Gasteiger charge is -2.09. The van der Waals surface area contributed by atoms with Crippen LogP contribution in [0.2, 0.25) is 0 Å². The van der Waals surface area contributed by atoms with Crippen molar-refractivity contribution in [1.82, 2.24) is 4.57 Å². The molecule has 0 saturated carbocycles. The van der Waals surface area contributed by atoms with Gasteiger partial charge in [-0.1, -0.05) is 19.9 Å². The number of aromatic nitrogens is 1. The standard InChI is InChI=1S/C19H25NO3/c1-12(2)10-20-11-16(19(13(20)3)14(4)21)15-7-8-17(22-5)18(9-15)23-6/h7-9,11-12H,10H2,1-6H3. The normalized spacial score (nSPS) is 10.9. The monoisotopic (exact) mass is 315 g/mol. The zero-order valence-corrected chi connectivity index (χ0v) is 14.8. The quantitative estimate of drug-likeness (QED) is 0.745. The van der Waals surface area contributed by atoms with E-state index in [0.717, 1.165) is 28.9 Å². The fourth-order valence-electron chi connectivity index (χ4n) is 2.91. The van der Waals surface area contributed by atoms with Gasteiger partial charge in [-0.2, -0.15) is 0 Å². The van der Waals surface area contributed by atoms with Crippen LogP contribution in [0.15, 0.2) is 24.4 Å². The lowest BCUT2D eigenvalue weighted by molar-refractivity contribution is 0.101. The number of Topliss-reactive ketones (excluding diaryl/α,β-unsaturated/α-hetero) is 1. The maximum atomic E-state index is 12.2. The van der Waals surface area contributed by atoms with Crippen LogP contribution < -0.4 is 9.47 Å². The summed E-state index contributed by atoms with van der Waals surface area (Å²) in [6.07, 6.45) is 2.06. The van der Waals surface area contributed by atoms with Crippen LogP contribution in [0.25, 0.3) is 11.1 Å². The third-order valence-electron chi connectivity index (χ3n) is 3.96. The summed E-state index contributed by atoms with van der Waals surface area (Å²) in [5.41, 5.74) is 3.68. The number of benzene rings is 1. The summed E-state index contributed by atoms with van der Waals surface area (Å²) >= 11 is 0. The molecule has 124 valence electrons. The molecule has 4 heteroatoms. The molecule has 0 aliphatic heterocycles. The van der Waals surface area contributed by atoms with E-state index < -0.39 is 0 Å². The van der Waals surface area contributed by atoms with Crippen LogP contribution in [-0.4, -0.2) is 24.6 Å². The summed E-state index contributed by atoms with van der Waals surface area (Å²) in [6.45, 7) is 8.85. The average molecular weight is 315 g/mol. The first-order valence-electron chi connectivity index (χ1n) is 7.82. The Morgan fingerprint density at radius 1 is 1.17 bits per heavy atom. The molecule has 0 N–H and O–H groups in total. The summed E-state index contributed by atoms with van der Waals surface area (Å²) < 4.78 is 12.8. The van der Waals surface area contributed by atoms with Gasteiger partial charge in [0.25, 0.3) is 0 Å². The Bertz CT molecular complexity index is 714. The van der Waals surface area contributed by atoms with E-state index in [1.54, 1.807) is 21.1 Å². The van der Waals surface area contributed by atoms with Gasteiger partial charge in [0, 0.05) is 29.6 Å². The fourth-order valence-corrected chi connectivity index (χ4v) is 2.91. The number of methoxy groups -OCH3 is 2. The molecule has 23 heavy (non-hydrogen) atoms. The van der Waals surface area contributed by atoms with Gasteiger partial charge in [-0.3, -0.25) is 4.79 Å². The highest BCUT2D eigenvalue weighted by molar-refractivity contribution is 6.02. The first-order valence-corrected chi connectivity index (χ1v) is 7.82. The molecule has 1 aromatic heterocycles. The molecule has 0 fully saturated rings. The summed E-state index contributed by atoms with van der Waals surface area (Å²) in [7, 11) is 3.23. The van der Waals surface area contributed by atoms with Crippen LogP contribution in [0, 0.1) is 12.8 Å². The minimum absolute atomic E-state index is 0.0785. The van der Waals surface area contributed by atoms with Gasteiger partial charge in [0.2, 0.25) is 0 Å². The third-order valence-corrected chi connectivity index (χ3v) is 3.96. The van der Waals surface area contributed by atoms with Crippen molar-refractivity contribution in [2.24, 2.45) is 5.92 Å². The maximum absolute atomic E-state index is 12.2. The van der Waals surface area contributed by atoms with Gasteiger partial charge in [0.15, 0.2) is 17.3 Å².